The van der Waals surface area contributed by atoms with Gasteiger partial charge in [-0.3, -0.25) is 4.90 Å². The normalized spacial score (nSPS) is 31.5. The van der Waals surface area contributed by atoms with Crippen LogP contribution in [0.5, 0.6) is 0 Å². The first-order valence-electron chi connectivity index (χ1n) is 7.22. The molecule has 0 radical (unpaired) electrons. The highest BCUT2D eigenvalue weighted by Gasteiger charge is 2.33. The number of rotatable bonds is 4. The van der Waals surface area contributed by atoms with E-state index < -0.39 is 0 Å². The maximum Gasteiger partial charge on any atom is 0.108 e. The third-order valence-electron chi connectivity index (χ3n) is 4.38. The highest BCUT2D eigenvalue weighted by Crippen LogP contribution is 2.35. The van der Waals surface area contributed by atoms with Crippen molar-refractivity contribution in [2.75, 3.05) is 19.6 Å². The second kappa shape index (κ2) is 6.37. The van der Waals surface area contributed by atoms with Crippen molar-refractivity contribution in [2.24, 2.45) is 5.92 Å². The Morgan fingerprint density at radius 2 is 2.06 bits per heavy atom. The first-order chi connectivity index (χ1) is 8.35. The van der Waals surface area contributed by atoms with Crippen LogP contribution in [0.2, 0.25) is 0 Å². The van der Waals surface area contributed by atoms with Crippen LogP contribution in [0.15, 0.2) is 0 Å². The number of nitrogens with one attached hydrogen (secondary N) is 1. The van der Waals surface area contributed by atoms with Crippen LogP contribution in [0.1, 0.15) is 45.4 Å². The zero-order valence-corrected chi connectivity index (χ0v) is 11.0. The molecule has 2 fully saturated rings. The summed E-state index contributed by atoms with van der Waals surface area (Å²) in [6.07, 6.45) is 8.32. The quantitative estimate of drug-likeness (QED) is 0.811. The molecule has 1 heterocycles. The van der Waals surface area contributed by atoms with Crippen LogP contribution in [-0.2, 0) is 0 Å². The summed E-state index contributed by atoms with van der Waals surface area (Å²) < 4.78 is 0. The van der Waals surface area contributed by atoms with Crippen molar-refractivity contribution < 1.29 is 0 Å². The summed E-state index contributed by atoms with van der Waals surface area (Å²) in [7, 11) is 0. The van der Waals surface area contributed by atoms with E-state index in [-0.39, 0.29) is 6.04 Å². The summed E-state index contributed by atoms with van der Waals surface area (Å²) >= 11 is 0. The summed E-state index contributed by atoms with van der Waals surface area (Å²) in [6, 6.07) is 3.18. The molecule has 2 aliphatic rings. The van der Waals surface area contributed by atoms with Gasteiger partial charge in [0.1, 0.15) is 6.04 Å². The van der Waals surface area contributed by atoms with E-state index in [1.807, 2.05) is 0 Å². The Balaban J connectivity index is 1.92. The van der Waals surface area contributed by atoms with Crippen molar-refractivity contribution in [3.63, 3.8) is 0 Å². The van der Waals surface area contributed by atoms with E-state index in [1.54, 1.807) is 0 Å². The summed E-state index contributed by atoms with van der Waals surface area (Å²) in [5.41, 5.74) is 0. The lowest BCUT2D eigenvalue weighted by atomic mass is 9.78. The molecule has 1 saturated carbocycles. The van der Waals surface area contributed by atoms with Crippen LogP contribution in [0.3, 0.4) is 0 Å². The lowest BCUT2D eigenvalue weighted by Gasteiger charge is -2.44. The topological polar surface area (TPSA) is 39.1 Å². The van der Waals surface area contributed by atoms with Gasteiger partial charge in [0.15, 0.2) is 0 Å². The van der Waals surface area contributed by atoms with Crippen molar-refractivity contribution >= 4 is 0 Å². The van der Waals surface area contributed by atoms with E-state index in [4.69, 9.17) is 5.26 Å². The van der Waals surface area contributed by atoms with Crippen molar-refractivity contribution in [3.05, 3.63) is 0 Å². The van der Waals surface area contributed by atoms with Crippen LogP contribution in [-0.4, -0.2) is 36.6 Å². The third kappa shape index (κ3) is 3.20. The number of hydrogen-bond donors (Lipinski definition) is 1. The van der Waals surface area contributed by atoms with E-state index in [0.717, 1.165) is 25.0 Å². The molecule has 0 aromatic rings. The molecule has 3 heteroatoms. The van der Waals surface area contributed by atoms with Crippen LogP contribution < -0.4 is 5.32 Å². The number of nitrogens with zero attached hydrogens (tertiary/aromatic N) is 2. The molecular weight excluding hydrogens is 210 g/mol. The number of likely N-dealkylation sites (tertiary alicyclic amines) is 1. The lowest BCUT2D eigenvalue weighted by molar-refractivity contribution is 0.0574. The maximum atomic E-state index is 9.14. The Morgan fingerprint density at radius 3 is 2.82 bits per heavy atom. The zero-order valence-electron chi connectivity index (χ0n) is 11.0. The zero-order chi connectivity index (χ0) is 12.1. The van der Waals surface area contributed by atoms with Gasteiger partial charge in [-0.25, -0.2) is 0 Å². The minimum Gasteiger partial charge on any atom is -0.301 e. The van der Waals surface area contributed by atoms with Gasteiger partial charge in [0.05, 0.1) is 6.07 Å². The molecule has 3 atom stereocenters. The second-order valence-corrected chi connectivity index (χ2v) is 5.49. The van der Waals surface area contributed by atoms with Crippen LogP contribution >= 0.6 is 0 Å². The molecule has 3 nitrogen and oxygen atoms in total. The summed E-state index contributed by atoms with van der Waals surface area (Å²) in [6.45, 7) is 5.08. The van der Waals surface area contributed by atoms with Gasteiger partial charge in [-0.1, -0.05) is 19.8 Å². The average Bonchev–Trinajstić information content (AvgIpc) is 2.38. The lowest BCUT2D eigenvalue weighted by Crippen LogP contribution is -2.51. The molecule has 17 heavy (non-hydrogen) atoms. The van der Waals surface area contributed by atoms with Crippen LogP contribution in [0.4, 0.5) is 0 Å². The predicted molar refractivity (Wildman–Crippen MR) is 69.6 cm³/mol. The molecule has 1 N–H and O–H groups in total. The summed E-state index contributed by atoms with van der Waals surface area (Å²) in [5, 5.41) is 12.4. The second-order valence-electron chi connectivity index (χ2n) is 5.49. The molecule has 0 aromatic heterocycles. The van der Waals surface area contributed by atoms with Crippen molar-refractivity contribution in [1.82, 2.24) is 10.2 Å². The van der Waals surface area contributed by atoms with E-state index in [9.17, 15) is 0 Å². The third-order valence-corrected chi connectivity index (χ3v) is 4.38. The minimum absolute atomic E-state index is 0.0145. The molecule has 0 spiro atoms. The summed E-state index contributed by atoms with van der Waals surface area (Å²) in [4.78, 5) is 2.59. The summed E-state index contributed by atoms with van der Waals surface area (Å²) in [5.74, 6) is 0.915. The highest BCUT2D eigenvalue weighted by molar-refractivity contribution is 4.95. The Morgan fingerprint density at radius 1 is 1.29 bits per heavy atom. The van der Waals surface area contributed by atoms with Gasteiger partial charge in [0.25, 0.3) is 0 Å². The maximum absolute atomic E-state index is 9.14. The predicted octanol–water partition coefficient (Wildman–Crippen LogP) is 2.14. The van der Waals surface area contributed by atoms with Crippen molar-refractivity contribution in [3.8, 4) is 6.07 Å². The molecule has 0 bridgehead atoms. The molecule has 1 unspecified atom stereocenters. The number of nitriles is 1. The Kier molecular flexibility index (Phi) is 4.82. The van der Waals surface area contributed by atoms with Gasteiger partial charge in [-0.2, -0.15) is 5.26 Å². The molecule has 1 aliphatic carbocycles. The van der Waals surface area contributed by atoms with E-state index in [2.05, 4.69) is 23.2 Å². The molecule has 0 aromatic carbocycles. The van der Waals surface area contributed by atoms with Gasteiger partial charge in [0, 0.05) is 12.6 Å². The monoisotopic (exact) mass is 235 g/mol. The molecule has 0 amide bonds. The number of fused-ring (bicyclic) bond motifs is 1. The Labute approximate surface area is 105 Å². The minimum atomic E-state index is 0.0145. The van der Waals surface area contributed by atoms with E-state index in [1.165, 1.54) is 45.1 Å². The van der Waals surface area contributed by atoms with Crippen molar-refractivity contribution in [2.45, 2.75) is 57.5 Å². The average molecular weight is 235 g/mol. The van der Waals surface area contributed by atoms with Crippen LogP contribution in [0.25, 0.3) is 0 Å². The molecule has 96 valence electrons. The Bertz CT molecular complexity index is 269. The highest BCUT2D eigenvalue weighted by atomic mass is 15.2. The van der Waals surface area contributed by atoms with Gasteiger partial charge >= 0.3 is 0 Å². The SMILES string of the molecule is CCNC(C#N)CN1CCC[C@H]2CCCC[C@H]21. The Hall–Kier alpha value is -0.590. The van der Waals surface area contributed by atoms with E-state index in [0.29, 0.717) is 0 Å². The van der Waals surface area contributed by atoms with Gasteiger partial charge in [-0.15, -0.1) is 0 Å². The van der Waals surface area contributed by atoms with Gasteiger partial charge in [-0.05, 0) is 44.7 Å². The van der Waals surface area contributed by atoms with Crippen LogP contribution in [0, 0.1) is 17.2 Å². The number of piperidine rings is 1. The molecule has 1 aliphatic heterocycles. The fourth-order valence-corrected chi connectivity index (χ4v) is 3.59. The largest absolute Gasteiger partial charge is 0.301 e. The van der Waals surface area contributed by atoms with Crippen molar-refractivity contribution in [1.29, 1.82) is 5.26 Å². The standard InChI is InChI=1S/C14H25N3/c1-2-16-13(10-15)11-17-9-5-7-12-6-3-4-8-14(12)17/h12-14,16H,2-9,11H2,1H3/t12-,13?,14-/m1/s1. The van der Waals surface area contributed by atoms with Gasteiger partial charge < -0.3 is 5.32 Å². The molecular formula is C14H25N3. The van der Waals surface area contributed by atoms with E-state index >= 15 is 0 Å². The van der Waals surface area contributed by atoms with Gasteiger partial charge in [0.2, 0.25) is 0 Å². The first-order valence-corrected chi connectivity index (χ1v) is 7.22. The number of hydrogen-bond acceptors (Lipinski definition) is 3. The smallest absolute Gasteiger partial charge is 0.108 e. The fraction of sp³-hybridized carbons (Fsp3) is 0.929. The first kappa shape index (κ1) is 12.9. The number of likely N-dealkylation sites (N-methyl/N-ethyl adjacent to an activating group) is 1. The molecule has 2 rings (SSSR count). The fourth-order valence-electron chi connectivity index (χ4n) is 3.59. The molecule has 1 saturated heterocycles.